The van der Waals surface area contributed by atoms with Crippen LogP contribution in [0.25, 0.3) is 5.57 Å². The van der Waals surface area contributed by atoms with E-state index in [2.05, 4.69) is 6.92 Å². The lowest BCUT2D eigenvalue weighted by molar-refractivity contribution is -0.104. The highest BCUT2D eigenvalue weighted by atomic mass is 16.5. The summed E-state index contributed by atoms with van der Waals surface area (Å²) in [5.41, 5.74) is 2.23. The SMILES string of the molecule is CCCCCCC(=CC=O)c1ccc(OC)cc1. The van der Waals surface area contributed by atoms with Crippen LogP contribution in [0.3, 0.4) is 0 Å². The van der Waals surface area contributed by atoms with Gasteiger partial charge in [0.25, 0.3) is 0 Å². The van der Waals surface area contributed by atoms with Crippen molar-refractivity contribution in [2.45, 2.75) is 39.0 Å². The van der Waals surface area contributed by atoms with E-state index in [-0.39, 0.29) is 0 Å². The first-order valence-corrected chi connectivity index (χ1v) is 6.60. The molecule has 0 N–H and O–H groups in total. The van der Waals surface area contributed by atoms with Gasteiger partial charge >= 0.3 is 0 Å². The third-order valence-electron chi connectivity index (χ3n) is 3.03. The molecule has 0 saturated carbocycles. The van der Waals surface area contributed by atoms with Gasteiger partial charge in [-0.25, -0.2) is 0 Å². The molecule has 18 heavy (non-hydrogen) atoms. The number of unbranched alkanes of at least 4 members (excludes halogenated alkanes) is 3. The lowest BCUT2D eigenvalue weighted by Crippen LogP contribution is -1.88. The molecule has 1 aromatic carbocycles. The van der Waals surface area contributed by atoms with Crippen LogP contribution in [0, 0.1) is 0 Å². The zero-order valence-electron chi connectivity index (χ0n) is 11.3. The molecule has 2 nitrogen and oxygen atoms in total. The summed E-state index contributed by atoms with van der Waals surface area (Å²) in [6, 6.07) is 7.88. The summed E-state index contributed by atoms with van der Waals surface area (Å²) < 4.78 is 5.13. The number of ether oxygens (including phenoxy) is 1. The second kappa shape index (κ2) is 8.51. The van der Waals surface area contributed by atoms with Gasteiger partial charge in [-0.3, -0.25) is 4.79 Å². The fourth-order valence-corrected chi connectivity index (χ4v) is 1.95. The van der Waals surface area contributed by atoms with E-state index in [1.54, 1.807) is 13.2 Å². The Morgan fingerprint density at radius 1 is 1.17 bits per heavy atom. The predicted octanol–water partition coefficient (Wildman–Crippen LogP) is 4.25. The van der Waals surface area contributed by atoms with Crippen LogP contribution in [0.1, 0.15) is 44.6 Å². The Hall–Kier alpha value is -1.57. The monoisotopic (exact) mass is 246 g/mol. The summed E-state index contributed by atoms with van der Waals surface area (Å²) >= 11 is 0. The van der Waals surface area contributed by atoms with Crippen LogP contribution < -0.4 is 4.74 Å². The Labute approximate surface area is 110 Å². The van der Waals surface area contributed by atoms with Crippen molar-refractivity contribution in [3.8, 4) is 5.75 Å². The molecule has 0 saturated heterocycles. The minimum atomic E-state index is 0.843. The molecule has 0 amide bonds. The minimum Gasteiger partial charge on any atom is -0.497 e. The molecule has 0 atom stereocenters. The van der Waals surface area contributed by atoms with Crippen LogP contribution in [-0.4, -0.2) is 13.4 Å². The first-order chi connectivity index (χ1) is 8.81. The van der Waals surface area contributed by atoms with Crippen molar-refractivity contribution < 1.29 is 9.53 Å². The molecule has 2 heteroatoms. The smallest absolute Gasteiger partial charge is 0.143 e. The number of carbonyl (C=O) groups excluding carboxylic acids is 1. The third-order valence-corrected chi connectivity index (χ3v) is 3.03. The largest absolute Gasteiger partial charge is 0.497 e. The summed E-state index contributed by atoms with van der Waals surface area (Å²) in [7, 11) is 1.65. The molecular formula is C16H22O2. The van der Waals surface area contributed by atoms with E-state index in [9.17, 15) is 4.79 Å². The lowest BCUT2D eigenvalue weighted by Gasteiger charge is -2.08. The number of hydrogen-bond donors (Lipinski definition) is 0. The Bertz CT molecular complexity index is 377. The third kappa shape index (κ3) is 4.74. The van der Waals surface area contributed by atoms with Gasteiger partial charge in [-0.2, -0.15) is 0 Å². The summed E-state index contributed by atoms with van der Waals surface area (Å²) in [5, 5.41) is 0. The molecule has 1 rings (SSSR count). The molecule has 98 valence electrons. The topological polar surface area (TPSA) is 26.3 Å². The van der Waals surface area contributed by atoms with Crippen molar-refractivity contribution in [2.75, 3.05) is 7.11 Å². The summed E-state index contributed by atoms with van der Waals surface area (Å²) in [4.78, 5) is 10.7. The van der Waals surface area contributed by atoms with Gasteiger partial charge in [-0.05, 0) is 42.2 Å². The lowest BCUT2D eigenvalue weighted by atomic mass is 9.99. The van der Waals surface area contributed by atoms with Crippen molar-refractivity contribution in [3.63, 3.8) is 0 Å². The zero-order valence-corrected chi connectivity index (χ0v) is 11.3. The molecule has 0 radical (unpaired) electrons. The summed E-state index contributed by atoms with van der Waals surface area (Å²) in [5.74, 6) is 0.843. The molecule has 0 spiro atoms. The van der Waals surface area contributed by atoms with E-state index >= 15 is 0 Å². The fourth-order valence-electron chi connectivity index (χ4n) is 1.95. The van der Waals surface area contributed by atoms with Crippen LogP contribution in [0.4, 0.5) is 0 Å². The standard InChI is InChI=1S/C16H22O2/c1-3-4-5-6-7-14(12-13-17)15-8-10-16(18-2)11-9-15/h8-13H,3-7H2,1-2H3. The van der Waals surface area contributed by atoms with Gasteiger partial charge in [0.2, 0.25) is 0 Å². The average Bonchev–Trinajstić information content (AvgIpc) is 2.42. The number of methoxy groups -OCH3 is 1. The quantitative estimate of drug-likeness (QED) is 0.389. The summed E-state index contributed by atoms with van der Waals surface area (Å²) in [6.45, 7) is 2.20. The second-order valence-corrected chi connectivity index (χ2v) is 4.37. The van der Waals surface area contributed by atoms with Gasteiger partial charge < -0.3 is 4.74 Å². The van der Waals surface area contributed by atoms with Gasteiger partial charge in [0.15, 0.2) is 0 Å². The predicted molar refractivity (Wildman–Crippen MR) is 75.8 cm³/mol. The number of rotatable bonds is 8. The Morgan fingerprint density at radius 3 is 2.44 bits per heavy atom. The first kappa shape index (κ1) is 14.5. The maximum absolute atomic E-state index is 10.7. The number of allylic oxidation sites excluding steroid dienone is 2. The molecule has 0 heterocycles. The molecule has 0 bridgehead atoms. The highest BCUT2D eigenvalue weighted by molar-refractivity contribution is 5.81. The van der Waals surface area contributed by atoms with Crippen LogP contribution in [-0.2, 0) is 4.79 Å². The second-order valence-electron chi connectivity index (χ2n) is 4.37. The molecule has 0 aromatic heterocycles. The average molecular weight is 246 g/mol. The van der Waals surface area contributed by atoms with Gasteiger partial charge in [0.05, 0.1) is 7.11 Å². The van der Waals surface area contributed by atoms with E-state index in [0.29, 0.717) is 0 Å². The van der Waals surface area contributed by atoms with Crippen molar-refractivity contribution in [1.29, 1.82) is 0 Å². The maximum Gasteiger partial charge on any atom is 0.143 e. The van der Waals surface area contributed by atoms with Crippen LogP contribution in [0.15, 0.2) is 30.3 Å². The van der Waals surface area contributed by atoms with Crippen molar-refractivity contribution >= 4 is 11.9 Å². The number of aldehydes is 1. The first-order valence-electron chi connectivity index (χ1n) is 6.60. The Kier molecular flexibility index (Phi) is 6.85. The van der Waals surface area contributed by atoms with Crippen molar-refractivity contribution in [1.82, 2.24) is 0 Å². The molecular weight excluding hydrogens is 224 g/mol. The van der Waals surface area contributed by atoms with E-state index < -0.39 is 0 Å². The van der Waals surface area contributed by atoms with Gasteiger partial charge in [-0.1, -0.05) is 38.3 Å². The van der Waals surface area contributed by atoms with Crippen molar-refractivity contribution in [2.24, 2.45) is 0 Å². The number of benzene rings is 1. The number of hydrogen-bond acceptors (Lipinski definition) is 2. The Morgan fingerprint density at radius 2 is 1.89 bits per heavy atom. The zero-order chi connectivity index (χ0) is 13.2. The molecule has 0 aliphatic heterocycles. The van der Waals surface area contributed by atoms with Gasteiger partial charge in [0, 0.05) is 0 Å². The minimum absolute atomic E-state index is 0.843. The normalized spacial score (nSPS) is 11.3. The van der Waals surface area contributed by atoms with E-state index in [0.717, 1.165) is 36.0 Å². The summed E-state index contributed by atoms with van der Waals surface area (Å²) in [6.07, 6.45) is 8.37. The fraction of sp³-hybridized carbons (Fsp3) is 0.438. The van der Waals surface area contributed by atoms with Crippen LogP contribution in [0.2, 0.25) is 0 Å². The molecule has 0 aliphatic carbocycles. The number of carbonyl (C=O) groups is 1. The van der Waals surface area contributed by atoms with E-state index in [1.165, 1.54) is 19.3 Å². The molecule has 0 unspecified atom stereocenters. The Balaban J connectivity index is 2.65. The van der Waals surface area contributed by atoms with Gasteiger partial charge in [-0.15, -0.1) is 0 Å². The maximum atomic E-state index is 10.7. The molecule has 1 aromatic rings. The van der Waals surface area contributed by atoms with Gasteiger partial charge in [0.1, 0.15) is 12.0 Å². The van der Waals surface area contributed by atoms with Crippen LogP contribution in [0.5, 0.6) is 5.75 Å². The van der Waals surface area contributed by atoms with E-state index in [1.807, 2.05) is 24.3 Å². The van der Waals surface area contributed by atoms with Crippen LogP contribution >= 0.6 is 0 Å². The molecule has 0 fully saturated rings. The van der Waals surface area contributed by atoms with E-state index in [4.69, 9.17) is 4.74 Å². The van der Waals surface area contributed by atoms with Crippen molar-refractivity contribution in [3.05, 3.63) is 35.9 Å². The highest BCUT2D eigenvalue weighted by Crippen LogP contribution is 2.23. The highest BCUT2D eigenvalue weighted by Gasteiger charge is 2.02. The molecule has 0 aliphatic rings.